The van der Waals surface area contributed by atoms with Gasteiger partial charge in [0, 0.05) is 37.6 Å². The number of nitrogens with zero attached hydrogens (tertiary/aromatic N) is 2. The van der Waals surface area contributed by atoms with E-state index in [9.17, 15) is 0 Å². The second-order valence-electron chi connectivity index (χ2n) is 13.0. The van der Waals surface area contributed by atoms with Crippen LogP contribution in [-0.4, -0.2) is 82.1 Å². The maximum absolute atomic E-state index is 6.24. The number of hydrogen-bond acceptors (Lipinski definition) is 10. The number of rotatable bonds is 13. The molecule has 276 valence electrons. The van der Waals surface area contributed by atoms with Gasteiger partial charge >= 0.3 is 0 Å². The molecule has 1 atom stereocenters. The van der Waals surface area contributed by atoms with Crippen LogP contribution < -0.4 is 16.0 Å². The quantitative estimate of drug-likeness (QED) is 0.193. The SMILES string of the molecule is CCc1c(CNCC2COCCOCCOCCOCCO2)c(CC)c(CNc2cc(C)cc(C)n2)c(CC)c1CNc1cc(C)cc(C)n1. The normalized spacial score (nSPS) is 16.8. The number of pyridine rings is 2. The summed E-state index contributed by atoms with van der Waals surface area (Å²) in [5, 5.41) is 11.2. The van der Waals surface area contributed by atoms with E-state index in [-0.39, 0.29) is 6.10 Å². The number of nitrogens with one attached hydrogen (secondary N) is 3. The first kappa shape index (κ1) is 39.7. The van der Waals surface area contributed by atoms with Gasteiger partial charge in [-0.05, 0) is 116 Å². The Kier molecular flexibility index (Phi) is 16.9. The highest BCUT2D eigenvalue weighted by Gasteiger charge is 2.22. The van der Waals surface area contributed by atoms with Crippen LogP contribution in [0, 0.1) is 27.7 Å². The minimum Gasteiger partial charge on any atom is -0.377 e. The van der Waals surface area contributed by atoms with Crippen LogP contribution in [0.15, 0.2) is 24.3 Å². The zero-order valence-electron chi connectivity index (χ0n) is 31.6. The highest BCUT2D eigenvalue weighted by atomic mass is 16.6. The molecule has 10 heteroatoms. The molecule has 1 aliphatic rings. The molecule has 2 aromatic heterocycles. The zero-order chi connectivity index (χ0) is 35.7. The van der Waals surface area contributed by atoms with E-state index in [0.717, 1.165) is 48.8 Å². The van der Waals surface area contributed by atoms with E-state index in [2.05, 4.69) is 88.7 Å². The van der Waals surface area contributed by atoms with Crippen LogP contribution in [0.2, 0.25) is 0 Å². The van der Waals surface area contributed by atoms with Crippen LogP contribution in [0.3, 0.4) is 0 Å². The summed E-state index contributed by atoms with van der Waals surface area (Å²) in [5.41, 5.74) is 12.8. The molecule has 1 unspecified atom stereocenters. The molecule has 3 heterocycles. The van der Waals surface area contributed by atoms with Crippen molar-refractivity contribution in [2.75, 3.05) is 76.6 Å². The Morgan fingerprint density at radius 1 is 0.540 bits per heavy atom. The molecule has 1 saturated heterocycles. The van der Waals surface area contributed by atoms with Gasteiger partial charge in [0.15, 0.2) is 0 Å². The first-order valence-corrected chi connectivity index (χ1v) is 18.5. The third-order valence-electron chi connectivity index (χ3n) is 9.01. The number of hydrogen-bond donors (Lipinski definition) is 3. The average Bonchev–Trinajstić information content (AvgIpc) is 3.09. The molecular formula is C40H61N5O5. The maximum Gasteiger partial charge on any atom is 0.126 e. The molecular weight excluding hydrogens is 630 g/mol. The first-order valence-electron chi connectivity index (χ1n) is 18.5. The molecule has 3 N–H and O–H groups in total. The van der Waals surface area contributed by atoms with Crippen molar-refractivity contribution >= 4 is 11.6 Å². The lowest BCUT2D eigenvalue weighted by Gasteiger charge is -2.27. The van der Waals surface area contributed by atoms with Crippen LogP contribution in [-0.2, 0) is 62.6 Å². The molecule has 10 nitrogen and oxygen atoms in total. The second-order valence-corrected chi connectivity index (χ2v) is 13.0. The van der Waals surface area contributed by atoms with Crippen molar-refractivity contribution in [1.82, 2.24) is 15.3 Å². The Labute approximate surface area is 300 Å². The van der Waals surface area contributed by atoms with Crippen molar-refractivity contribution < 1.29 is 23.7 Å². The summed E-state index contributed by atoms with van der Waals surface area (Å²) in [6.07, 6.45) is 2.70. The topological polar surface area (TPSA) is 108 Å². The summed E-state index contributed by atoms with van der Waals surface area (Å²) in [5.74, 6) is 1.82. The molecule has 0 radical (unpaired) electrons. The zero-order valence-corrected chi connectivity index (χ0v) is 31.6. The van der Waals surface area contributed by atoms with E-state index in [0.29, 0.717) is 79.1 Å². The summed E-state index contributed by atoms with van der Waals surface area (Å²) in [4.78, 5) is 9.58. The van der Waals surface area contributed by atoms with Crippen molar-refractivity contribution in [3.63, 3.8) is 0 Å². The molecule has 0 aliphatic carbocycles. The molecule has 1 aliphatic heterocycles. The Hall–Kier alpha value is -3.12. The fraction of sp³-hybridized carbons (Fsp3) is 0.600. The number of benzene rings is 1. The van der Waals surface area contributed by atoms with Gasteiger partial charge in [-0.25, -0.2) is 9.97 Å². The number of ether oxygens (including phenoxy) is 5. The van der Waals surface area contributed by atoms with Crippen molar-refractivity contribution in [2.45, 2.75) is 93.5 Å². The molecule has 1 aromatic carbocycles. The smallest absolute Gasteiger partial charge is 0.126 e. The largest absolute Gasteiger partial charge is 0.377 e. The van der Waals surface area contributed by atoms with Crippen molar-refractivity contribution in [1.29, 1.82) is 0 Å². The third-order valence-corrected chi connectivity index (χ3v) is 9.01. The van der Waals surface area contributed by atoms with Crippen LogP contribution in [0.4, 0.5) is 11.6 Å². The van der Waals surface area contributed by atoms with E-state index in [1.54, 1.807) is 0 Å². The van der Waals surface area contributed by atoms with Gasteiger partial charge in [0.1, 0.15) is 11.6 Å². The Bertz CT molecular complexity index is 1340. The van der Waals surface area contributed by atoms with Crippen molar-refractivity contribution in [2.24, 2.45) is 0 Å². The van der Waals surface area contributed by atoms with Gasteiger partial charge in [-0.1, -0.05) is 20.8 Å². The van der Waals surface area contributed by atoms with Crippen LogP contribution >= 0.6 is 0 Å². The van der Waals surface area contributed by atoms with E-state index >= 15 is 0 Å². The van der Waals surface area contributed by atoms with Gasteiger partial charge in [0.05, 0.1) is 65.6 Å². The third kappa shape index (κ3) is 12.3. The van der Waals surface area contributed by atoms with Gasteiger partial charge in [0.25, 0.3) is 0 Å². The standard InChI is InChI=1S/C40H61N5O5/c1-8-33-36(24-41-23-32-27-49-16-15-47-12-11-46-13-14-48-17-18-50-32)34(9-2)38(26-43-40-22-29(5)20-31(7)45-40)35(10-3)37(33)25-42-39-21-28(4)19-30(6)44-39/h19-22,32,41H,8-18,23-27H2,1-7H3,(H,42,44)(H,43,45). The molecule has 0 spiro atoms. The Balaban J connectivity index is 1.61. The Morgan fingerprint density at radius 2 is 0.960 bits per heavy atom. The molecule has 3 aromatic rings. The minimum atomic E-state index is -0.112. The molecule has 4 rings (SSSR count). The predicted molar refractivity (Wildman–Crippen MR) is 201 cm³/mol. The summed E-state index contributed by atoms with van der Waals surface area (Å²) in [6.45, 7) is 22.8. The van der Waals surface area contributed by atoms with Gasteiger partial charge < -0.3 is 39.6 Å². The molecule has 50 heavy (non-hydrogen) atoms. The number of anilines is 2. The first-order chi connectivity index (χ1) is 24.3. The molecule has 0 amide bonds. The fourth-order valence-electron chi connectivity index (χ4n) is 6.91. The lowest BCUT2D eigenvalue weighted by molar-refractivity contribution is -0.0446. The van der Waals surface area contributed by atoms with Crippen LogP contribution in [0.1, 0.15) is 76.7 Å². The van der Waals surface area contributed by atoms with E-state index < -0.39 is 0 Å². The van der Waals surface area contributed by atoms with Crippen molar-refractivity contribution in [3.8, 4) is 0 Å². The van der Waals surface area contributed by atoms with Crippen LogP contribution in [0.5, 0.6) is 0 Å². The van der Waals surface area contributed by atoms with E-state index in [1.807, 2.05) is 0 Å². The van der Waals surface area contributed by atoms with Gasteiger partial charge in [-0.3, -0.25) is 0 Å². The fourth-order valence-corrected chi connectivity index (χ4v) is 6.91. The lowest BCUT2D eigenvalue weighted by atomic mass is 9.83. The molecule has 0 saturated carbocycles. The van der Waals surface area contributed by atoms with E-state index in [1.165, 1.54) is 44.5 Å². The Morgan fingerprint density at radius 3 is 1.40 bits per heavy atom. The molecule has 0 bridgehead atoms. The monoisotopic (exact) mass is 691 g/mol. The summed E-state index contributed by atoms with van der Waals surface area (Å²) in [6, 6.07) is 8.48. The molecule has 1 fully saturated rings. The highest BCUT2D eigenvalue weighted by Crippen LogP contribution is 2.32. The second kappa shape index (κ2) is 21.3. The lowest BCUT2D eigenvalue weighted by Crippen LogP contribution is -2.34. The minimum absolute atomic E-state index is 0.112. The summed E-state index contributed by atoms with van der Waals surface area (Å²) < 4.78 is 29.1. The van der Waals surface area contributed by atoms with Gasteiger partial charge in [0.2, 0.25) is 0 Å². The van der Waals surface area contributed by atoms with Gasteiger partial charge in [-0.2, -0.15) is 0 Å². The number of aryl methyl sites for hydroxylation is 4. The highest BCUT2D eigenvalue weighted by molar-refractivity contribution is 5.55. The number of aromatic nitrogens is 2. The average molecular weight is 692 g/mol. The summed E-state index contributed by atoms with van der Waals surface area (Å²) >= 11 is 0. The van der Waals surface area contributed by atoms with Crippen molar-refractivity contribution in [3.05, 3.63) is 80.2 Å². The summed E-state index contributed by atoms with van der Waals surface area (Å²) in [7, 11) is 0. The van der Waals surface area contributed by atoms with Gasteiger partial charge in [-0.15, -0.1) is 0 Å². The van der Waals surface area contributed by atoms with E-state index in [4.69, 9.17) is 33.7 Å². The van der Waals surface area contributed by atoms with Crippen LogP contribution in [0.25, 0.3) is 0 Å². The maximum atomic E-state index is 6.24. The predicted octanol–water partition coefficient (Wildman–Crippen LogP) is 6.18.